The maximum atomic E-state index is 13.1. The van der Waals surface area contributed by atoms with E-state index in [0.29, 0.717) is 0 Å². The summed E-state index contributed by atoms with van der Waals surface area (Å²) in [6.45, 7) is 0. The Bertz CT molecular complexity index is 354. The second kappa shape index (κ2) is 4.40. The van der Waals surface area contributed by atoms with Crippen molar-refractivity contribution in [3.63, 3.8) is 0 Å². The van der Waals surface area contributed by atoms with Crippen molar-refractivity contribution in [1.82, 2.24) is 0 Å². The molecule has 0 aliphatic heterocycles. The van der Waals surface area contributed by atoms with Crippen LogP contribution in [-0.2, 0) is 0 Å². The standard InChI is InChI=1S/C8H4BrCl2FO/c9-8-4(11)1-2-5(12)7(8)6(13)3-10/h1-2H,3H2. The van der Waals surface area contributed by atoms with Gasteiger partial charge >= 0.3 is 0 Å². The number of hydrogen-bond acceptors (Lipinski definition) is 1. The highest BCUT2D eigenvalue weighted by Gasteiger charge is 2.16. The van der Waals surface area contributed by atoms with Gasteiger partial charge in [0.25, 0.3) is 0 Å². The second-order valence-corrected chi connectivity index (χ2v) is 3.74. The summed E-state index contributed by atoms with van der Waals surface area (Å²) in [6.07, 6.45) is 0. The van der Waals surface area contributed by atoms with Gasteiger partial charge in [-0.3, -0.25) is 4.79 Å². The number of ketones is 1. The van der Waals surface area contributed by atoms with Gasteiger partial charge in [-0.05, 0) is 28.1 Å². The maximum absolute atomic E-state index is 13.1. The van der Waals surface area contributed by atoms with Gasteiger partial charge in [-0.1, -0.05) is 11.6 Å². The minimum absolute atomic E-state index is 0.0949. The van der Waals surface area contributed by atoms with Crippen LogP contribution in [0.4, 0.5) is 4.39 Å². The molecule has 0 amide bonds. The average Bonchev–Trinajstić information content (AvgIpc) is 2.12. The van der Waals surface area contributed by atoms with Gasteiger partial charge in [-0.25, -0.2) is 4.39 Å². The lowest BCUT2D eigenvalue weighted by Crippen LogP contribution is -2.05. The first kappa shape index (κ1) is 11.0. The van der Waals surface area contributed by atoms with Crippen LogP contribution in [0.1, 0.15) is 10.4 Å². The van der Waals surface area contributed by atoms with Crippen LogP contribution in [0.25, 0.3) is 0 Å². The van der Waals surface area contributed by atoms with Gasteiger partial charge in [0, 0.05) is 4.47 Å². The van der Waals surface area contributed by atoms with E-state index in [9.17, 15) is 9.18 Å². The fraction of sp³-hybridized carbons (Fsp3) is 0.125. The molecular formula is C8H4BrCl2FO. The Balaban J connectivity index is 3.33. The molecule has 1 aromatic carbocycles. The molecule has 70 valence electrons. The molecule has 13 heavy (non-hydrogen) atoms. The molecule has 0 bridgehead atoms. The van der Waals surface area contributed by atoms with E-state index in [4.69, 9.17) is 23.2 Å². The van der Waals surface area contributed by atoms with Gasteiger partial charge in [0.1, 0.15) is 5.82 Å². The van der Waals surface area contributed by atoms with Gasteiger partial charge in [-0.2, -0.15) is 0 Å². The lowest BCUT2D eigenvalue weighted by molar-refractivity contribution is 0.101. The van der Waals surface area contributed by atoms with Crippen LogP contribution in [0.3, 0.4) is 0 Å². The largest absolute Gasteiger partial charge is 0.293 e. The van der Waals surface area contributed by atoms with Crippen molar-refractivity contribution >= 4 is 44.9 Å². The van der Waals surface area contributed by atoms with Crippen molar-refractivity contribution in [2.24, 2.45) is 0 Å². The summed E-state index contributed by atoms with van der Waals surface area (Å²) in [5.41, 5.74) is -0.0949. The molecule has 0 unspecified atom stereocenters. The molecular weight excluding hydrogens is 282 g/mol. The molecule has 0 aromatic heterocycles. The molecule has 0 atom stereocenters. The number of carbonyl (C=O) groups is 1. The molecule has 0 aliphatic carbocycles. The van der Waals surface area contributed by atoms with Crippen LogP contribution in [0.2, 0.25) is 5.02 Å². The number of Topliss-reactive ketones (excluding diaryl/α,β-unsaturated/α-hetero) is 1. The van der Waals surface area contributed by atoms with Crippen molar-refractivity contribution < 1.29 is 9.18 Å². The summed E-state index contributed by atoms with van der Waals surface area (Å²) in [5, 5.41) is 0.287. The number of halogens is 4. The predicted molar refractivity (Wildman–Crippen MR) is 54.2 cm³/mol. The van der Waals surface area contributed by atoms with Gasteiger partial charge in [0.2, 0.25) is 0 Å². The molecule has 5 heteroatoms. The number of rotatable bonds is 2. The van der Waals surface area contributed by atoms with E-state index in [1.54, 1.807) is 0 Å². The molecule has 0 saturated heterocycles. The zero-order chi connectivity index (χ0) is 10.0. The van der Waals surface area contributed by atoms with Crippen LogP contribution in [0, 0.1) is 5.82 Å². The summed E-state index contributed by atoms with van der Waals surface area (Å²) in [5.74, 6) is -1.38. The van der Waals surface area contributed by atoms with E-state index in [2.05, 4.69) is 15.9 Å². The first-order chi connectivity index (χ1) is 6.07. The van der Waals surface area contributed by atoms with E-state index in [1.165, 1.54) is 6.07 Å². The summed E-state index contributed by atoms with van der Waals surface area (Å²) in [7, 11) is 0. The molecule has 1 nitrogen and oxygen atoms in total. The third kappa shape index (κ3) is 2.22. The van der Waals surface area contributed by atoms with Crippen LogP contribution in [-0.4, -0.2) is 11.7 Å². The highest BCUT2D eigenvalue weighted by molar-refractivity contribution is 9.10. The molecule has 1 rings (SSSR count). The normalized spacial score (nSPS) is 10.2. The van der Waals surface area contributed by atoms with Gasteiger partial charge in [0.15, 0.2) is 5.78 Å². The third-order valence-electron chi connectivity index (χ3n) is 1.44. The van der Waals surface area contributed by atoms with Gasteiger partial charge in [-0.15, -0.1) is 11.6 Å². The van der Waals surface area contributed by atoms with Crippen molar-refractivity contribution in [3.8, 4) is 0 Å². The second-order valence-electron chi connectivity index (χ2n) is 2.27. The van der Waals surface area contributed by atoms with E-state index in [-0.39, 0.29) is 20.9 Å². The lowest BCUT2D eigenvalue weighted by Gasteiger charge is -2.04. The Hall–Kier alpha value is -0.120. The smallest absolute Gasteiger partial charge is 0.181 e. The fourth-order valence-electron chi connectivity index (χ4n) is 0.849. The van der Waals surface area contributed by atoms with E-state index >= 15 is 0 Å². The monoisotopic (exact) mass is 284 g/mol. The number of benzene rings is 1. The quantitative estimate of drug-likeness (QED) is 0.460. The fourth-order valence-corrected chi connectivity index (χ4v) is 1.68. The Kier molecular flexibility index (Phi) is 3.71. The summed E-state index contributed by atoms with van der Waals surface area (Å²) in [4.78, 5) is 11.1. The summed E-state index contributed by atoms with van der Waals surface area (Å²) < 4.78 is 13.3. The van der Waals surface area contributed by atoms with Crippen LogP contribution in [0.15, 0.2) is 16.6 Å². The van der Waals surface area contributed by atoms with E-state index in [1.807, 2.05) is 0 Å². The third-order valence-corrected chi connectivity index (χ3v) is 3.05. The minimum Gasteiger partial charge on any atom is -0.293 e. The number of carbonyl (C=O) groups excluding carboxylic acids is 1. The van der Waals surface area contributed by atoms with Gasteiger partial charge < -0.3 is 0 Å². The maximum Gasteiger partial charge on any atom is 0.181 e. The van der Waals surface area contributed by atoms with Gasteiger partial charge in [0.05, 0.1) is 16.5 Å². The Morgan fingerprint density at radius 3 is 2.69 bits per heavy atom. The van der Waals surface area contributed by atoms with Crippen molar-refractivity contribution in [3.05, 3.63) is 33.0 Å². The lowest BCUT2D eigenvalue weighted by atomic mass is 10.1. The molecule has 0 spiro atoms. The Labute approximate surface area is 93.0 Å². The topological polar surface area (TPSA) is 17.1 Å². The number of hydrogen-bond donors (Lipinski definition) is 0. The molecule has 0 fully saturated rings. The average molecular weight is 286 g/mol. The minimum atomic E-state index is -0.623. The van der Waals surface area contributed by atoms with Crippen molar-refractivity contribution in [1.29, 1.82) is 0 Å². The first-order valence-corrected chi connectivity index (χ1v) is 5.01. The highest BCUT2D eigenvalue weighted by atomic mass is 79.9. The molecule has 0 N–H and O–H groups in total. The summed E-state index contributed by atoms with van der Waals surface area (Å²) >= 11 is 14.0. The van der Waals surface area contributed by atoms with Crippen LogP contribution < -0.4 is 0 Å². The SMILES string of the molecule is O=C(CCl)c1c(F)ccc(Cl)c1Br. The first-order valence-electron chi connectivity index (χ1n) is 3.30. The predicted octanol–water partition coefficient (Wildman–Crippen LogP) is 3.66. The Morgan fingerprint density at radius 1 is 1.54 bits per heavy atom. The molecule has 0 aliphatic rings. The Morgan fingerprint density at radius 2 is 2.15 bits per heavy atom. The number of alkyl halides is 1. The van der Waals surface area contributed by atoms with Crippen LogP contribution in [0.5, 0.6) is 0 Å². The van der Waals surface area contributed by atoms with Crippen molar-refractivity contribution in [2.45, 2.75) is 0 Å². The van der Waals surface area contributed by atoms with Crippen molar-refractivity contribution in [2.75, 3.05) is 5.88 Å². The zero-order valence-corrected chi connectivity index (χ0v) is 9.38. The zero-order valence-electron chi connectivity index (χ0n) is 6.28. The van der Waals surface area contributed by atoms with E-state index in [0.717, 1.165) is 6.07 Å². The molecule has 0 heterocycles. The molecule has 0 saturated carbocycles. The van der Waals surface area contributed by atoms with Crippen LogP contribution >= 0.6 is 39.1 Å². The molecule has 1 aromatic rings. The highest BCUT2D eigenvalue weighted by Crippen LogP contribution is 2.28. The van der Waals surface area contributed by atoms with E-state index < -0.39 is 11.6 Å². The summed E-state index contributed by atoms with van der Waals surface area (Å²) in [6, 6.07) is 2.50. The molecule has 0 radical (unpaired) electrons.